The van der Waals surface area contributed by atoms with Crippen LogP contribution in [-0.4, -0.2) is 25.8 Å². The summed E-state index contributed by atoms with van der Waals surface area (Å²) in [6, 6.07) is 16.7. The first-order chi connectivity index (χ1) is 10.3. The summed E-state index contributed by atoms with van der Waals surface area (Å²) in [5, 5.41) is 3.36. The van der Waals surface area contributed by atoms with Crippen LogP contribution in [-0.2, 0) is 6.42 Å². The second kappa shape index (κ2) is 6.19. The van der Waals surface area contributed by atoms with Gasteiger partial charge in [-0.1, -0.05) is 42.0 Å². The molecule has 0 aliphatic carbocycles. The van der Waals surface area contributed by atoms with E-state index >= 15 is 0 Å². The highest BCUT2D eigenvalue weighted by atomic mass is 16.6. The molecule has 2 unspecified atom stereocenters. The Labute approximate surface area is 125 Å². The van der Waals surface area contributed by atoms with E-state index in [-0.39, 0.29) is 12.1 Å². The topological polar surface area (TPSA) is 30.5 Å². The Bertz CT molecular complexity index is 594. The summed E-state index contributed by atoms with van der Waals surface area (Å²) in [5.74, 6) is 1.66. The van der Waals surface area contributed by atoms with Crippen molar-refractivity contribution in [3.05, 3.63) is 59.7 Å². The molecule has 0 saturated carbocycles. The lowest BCUT2D eigenvalue weighted by atomic mass is 10.00. The lowest BCUT2D eigenvalue weighted by Gasteiger charge is -2.32. The van der Waals surface area contributed by atoms with E-state index in [0.29, 0.717) is 6.61 Å². The molecule has 1 aliphatic heterocycles. The first kappa shape index (κ1) is 14.0. The Kier molecular flexibility index (Phi) is 4.11. The molecule has 1 heterocycles. The Hall–Kier alpha value is -2.00. The van der Waals surface area contributed by atoms with Crippen LogP contribution in [0.15, 0.2) is 48.5 Å². The van der Waals surface area contributed by atoms with Gasteiger partial charge in [0.2, 0.25) is 0 Å². The van der Waals surface area contributed by atoms with Crippen LogP contribution >= 0.6 is 0 Å². The molecule has 0 radical (unpaired) electrons. The molecule has 0 amide bonds. The molecule has 0 aromatic heterocycles. The average molecular weight is 283 g/mol. The van der Waals surface area contributed by atoms with Gasteiger partial charge >= 0.3 is 0 Å². The van der Waals surface area contributed by atoms with Gasteiger partial charge in [-0.2, -0.15) is 0 Å². The number of hydrogen-bond donors (Lipinski definition) is 1. The SMILES string of the molecule is CNC(Cc1ccc(C)cc1)C1COc2ccccc2O1. The minimum absolute atomic E-state index is 0.0196. The van der Waals surface area contributed by atoms with Crippen LogP contribution in [0.5, 0.6) is 11.5 Å². The zero-order valence-corrected chi connectivity index (χ0v) is 12.5. The molecule has 1 N–H and O–H groups in total. The Morgan fingerprint density at radius 2 is 1.81 bits per heavy atom. The van der Waals surface area contributed by atoms with Crippen LogP contribution in [0, 0.1) is 6.92 Å². The fourth-order valence-electron chi connectivity index (χ4n) is 2.63. The number of benzene rings is 2. The quantitative estimate of drug-likeness (QED) is 0.936. The second-order valence-corrected chi connectivity index (χ2v) is 5.50. The number of fused-ring (bicyclic) bond motifs is 1. The van der Waals surface area contributed by atoms with E-state index in [4.69, 9.17) is 9.47 Å². The predicted octanol–water partition coefficient (Wildman–Crippen LogP) is 2.97. The molecular weight excluding hydrogens is 262 g/mol. The van der Waals surface area contributed by atoms with Crippen molar-refractivity contribution in [3.8, 4) is 11.5 Å². The molecule has 0 spiro atoms. The van der Waals surface area contributed by atoms with Gasteiger partial charge in [-0.25, -0.2) is 0 Å². The van der Waals surface area contributed by atoms with Crippen molar-refractivity contribution in [3.63, 3.8) is 0 Å². The maximum atomic E-state index is 6.09. The van der Waals surface area contributed by atoms with Gasteiger partial charge < -0.3 is 14.8 Å². The molecule has 3 heteroatoms. The van der Waals surface area contributed by atoms with E-state index in [2.05, 4.69) is 36.5 Å². The fourth-order valence-corrected chi connectivity index (χ4v) is 2.63. The Morgan fingerprint density at radius 3 is 2.52 bits per heavy atom. The van der Waals surface area contributed by atoms with Crippen molar-refractivity contribution < 1.29 is 9.47 Å². The van der Waals surface area contributed by atoms with Crippen LogP contribution < -0.4 is 14.8 Å². The number of aryl methyl sites for hydroxylation is 1. The lowest BCUT2D eigenvalue weighted by molar-refractivity contribution is 0.0641. The van der Waals surface area contributed by atoms with Gasteiger partial charge in [0.15, 0.2) is 11.5 Å². The first-order valence-electron chi connectivity index (χ1n) is 7.37. The van der Waals surface area contributed by atoms with Crippen molar-refractivity contribution in [1.29, 1.82) is 0 Å². The van der Waals surface area contributed by atoms with Gasteiger partial charge in [-0.15, -0.1) is 0 Å². The van der Waals surface area contributed by atoms with Gasteiger partial charge in [-0.05, 0) is 38.1 Å². The molecule has 0 fully saturated rings. The summed E-state index contributed by atoms with van der Waals surface area (Å²) in [7, 11) is 1.97. The van der Waals surface area contributed by atoms with E-state index in [1.807, 2.05) is 31.3 Å². The third-order valence-corrected chi connectivity index (χ3v) is 3.93. The van der Waals surface area contributed by atoms with E-state index in [9.17, 15) is 0 Å². The third-order valence-electron chi connectivity index (χ3n) is 3.93. The maximum Gasteiger partial charge on any atom is 0.161 e. The van der Waals surface area contributed by atoms with Gasteiger partial charge in [0.25, 0.3) is 0 Å². The summed E-state index contributed by atoms with van der Waals surface area (Å²) in [6.45, 7) is 2.68. The number of hydrogen-bond acceptors (Lipinski definition) is 3. The van der Waals surface area contributed by atoms with Gasteiger partial charge in [0.05, 0.1) is 6.04 Å². The highest BCUT2D eigenvalue weighted by Crippen LogP contribution is 2.31. The van der Waals surface area contributed by atoms with Crippen molar-refractivity contribution in [1.82, 2.24) is 5.32 Å². The smallest absolute Gasteiger partial charge is 0.161 e. The molecule has 3 nitrogen and oxygen atoms in total. The van der Waals surface area contributed by atoms with Crippen molar-refractivity contribution in [2.24, 2.45) is 0 Å². The Balaban J connectivity index is 1.71. The van der Waals surface area contributed by atoms with Crippen LogP contribution in [0.3, 0.4) is 0 Å². The monoisotopic (exact) mass is 283 g/mol. The highest BCUT2D eigenvalue weighted by molar-refractivity contribution is 5.41. The summed E-state index contributed by atoms with van der Waals surface area (Å²) in [5.41, 5.74) is 2.59. The third kappa shape index (κ3) is 3.19. The number of likely N-dealkylation sites (N-methyl/N-ethyl adjacent to an activating group) is 1. The van der Waals surface area contributed by atoms with Crippen molar-refractivity contribution in [2.75, 3.05) is 13.7 Å². The van der Waals surface area contributed by atoms with Crippen LogP contribution in [0.2, 0.25) is 0 Å². The molecule has 0 bridgehead atoms. The average Bonchev–Trinajstić information content (AvgIpc) is 2.54. The van der Waals surface area contributed by atoms with E-state index < -0.39 is 0 Å². The van der Waals surface area contributed by atoms with Crippen molar-refractivity contribution in [2.45, 2.75) is 25.5 Å². The lowest BCUT2D eigenvalue weighted by Crippen LogP contribution is -2.47. The normalized spacial score (nSPS) is 18.3. The molecule has 2 aromatic carbocycles. The molecule has 21 heavy (non-hydrogen) atoms. The summed E-state index contributed by atoms with van der Waals surface area (Å²) < 4.78 is 11.9. The molecule has 2 aromatic rings. The van der Waals surface area contributed by atoms with E-state index in [1.54, 1.807) is 0 Å². The summed E-state index contributed by atoms with van der Waals surface area (Å²) in [6.07, 6.45) is 0.943. The molecular formula is C18H21NO2. The molecule has 110 valence electrons. The zero-order chi connectivity index (χ0) is 14.7. The first-order valence-corrected chi connectivity index (χ1v) is 7.37. The molecule has 0 saturated heterocycles. The zero-order valence-electron chi connectivity index (χ0n) is 12.5. The van der Waals surface area contributed by atoms with E-state index in [1.165, 1.54) is 11.1 Å². The maximum absolute atomic E-state index is 6.09. The number of para-hydroxylation sites is 2. The predicted molar refractivity (Wildman–Crippen MR) is 84.1 cm³/mol. The standard InChI is InChI=1S/C18H21NO2/c1-13-7-9-14(10-8-13)11-15(19-2)18-12-20-16-5-3-4-6-17(16)21-18/h3-10,15,18-19H,11-12H2,1-2H3. The van der Waals surface area contributed by atoms with Crippen LogP contribution in [0.25, 0.3) is 0 Å². The number of nitrogens with one attached hydrogen (secondary N) is 1. The van der Waals surface area contributed by atoms with Crippen LogP contribution in [0.1, 0.15) is 11.1 Å². The highest BCUT2D eigenvalue weighted by Gasteiger charge is 2.27. The molecule has 1 aliphatic rings. The van der Waals surface area contributed by atoms with Gasteiger partial charge in [0, 0.05) is 0 Å². The minimum Gasteiger partial charge on any atom is -0.486 e. The fraction of sp³-hybridized carbons (Fsp3) is 0.333. The Morgan fingerprint density at radius 1 is 1.10 bits per heavy atom. The van der Waals surface area contributed by atoms with Crippen LogP contribution in [0.4, 0.5) is 0 Å². The van der Waals surface area contributed by atoms with Crippen molar-refractivity contribution >= 4 is 0 Å². The van der Waals surface area contributed by atoms with E-state index in [0.717, 1.165) is 17.9 Å². The number of ether oxygens (including phenoxy) is 2. The van der Waals surface area contributed by atoms with Gasteiger partial charge in [0.1, 0.15) is 12.7 Å². The minimum atomic E-state index is 0.0196. The molecule has 3 rings (SSSR count). The second-order valence-electron chi connectivity index (χ2n) is 5.50. The summed E-state index contributed by atoms with van der Waals surface area (Å²) >= 11 is 0. The van der Waals surface area contributed by atoms with Gasteiger partial charge in [-0.3, -0.25) is 0 Å². The number of rotatable bonds is 4. The molecule has 2 atom stereocenters. The largest absolute Gasteiger partial charge is 0.486 e. The summed E-state index contributed by atoms with van der Waals surface area (Å²) in [4.78, 5) is 0.